The van der Waals surface area contributed by atoms with Crippen molar-refractivity contribution < 1.29 is 4.79 Å². The van der Waals surface area contributed by atoms with Gasteiger partial charge in [-0.25, -0.2) is 0 Å². The van der Waals surface area contributed by atoms with Crippen molar-refractivity contribution in [2.75, 3.05) is 0 Å². The van der Waals surface area contributed by atoms with Crippen LogP contribution in [0, 0.1) is 5.92 Å². The highest BCUT2D eigenvalue weighted by Gasteiger charge is 2.21. The summed E-state index contributed by atoms with van der Waals surface area (Å²) in [5.41, 5.74) is 4.97. The zero-order valence-corrected chi connectivity index (χ0v) is 14.0. The van der Waals surface area contributed by atoms with Crippen LogP contribution in [0.3, 0.4) is 0 Å². The van der Waals surface area contributed by atoms with Gasteiger partial charge < -0.3 is 0 Å². The second-order valence-corrected chi connectivity index (χ2v) is 6.48. The van der Waals surface area contributed by atoms with E-state index in [2.05, 4.69) is 32.9 Å². The first-order valence-corrected chi connectivity index (χ1v) is 8.87. The second kappa shape index (κ2) is 7.77. The molecule has 116 valence electrons. The molecule has 0 radical (unpaired) electrons. The fourth-order valence-corrected chi connectivity index (χ4v) is 3.72. The van der Waals surface area contributed by atoms with Crippen molar-refractivity contribution >= 4 is 5.78 Å². The number of Topliss-reactive ketones (excluding diaryl/α,β-unsaturated/α-hetero) is 1. The van der Waals surface area contributed by atoms with Crippen LogP contribution in [-0.4, -0.2) is 5.78 Å². The van der Waals surface area contributed by atoms with Crippen molar-refractivity contribution in [1.82, 2.24) is 0 Å². The van der Waals surface area contributed by atoms with E-state index in [9.17, 15) is 4.79 Å². The van der Waals surface area contributed by atoms with Crippen LogP contribution >= 0.6 is 0 Å². The summed E-state index contributed by atoms with van der Waals surface area (Å²) < 4.78 is 0. The Hall–Kier alpha value is -1.11. The van der Waals surface area contributed by atoms with Gasteiger partial charge in [-0.15, -0.1) is 0 Å². The van der Waals surface area contributed by atoms with E-state index >= 15 is 0 Å². The Balaban J connectivity index is 2.25. The van der Waals surface area contributed by atoms with Crippen LogP contribution in [0.2, 0.25) is 0 Å². The molecule has 1 fully saturated rings. The van der Waals surface area contributed by atoms with Crippen molar-refractivity contribution in [3.05, 3.63) is 34.4 Å². The lowest BCUT2D eigenvalue weighted by molar-refractivity contribution is 0.0948. The van der Waals surface area contributed by atoms with Gasteiger partial charge in [0.1, 0.15) is 0 Å². The van der Waals surface area contributed by atoms with Gasteiger partial charge in [0.25, 0.3) is 0 Å². The molecule has 0 amide bonds. The molecule has 21 heavy (non-hydrogen) atoms. The summed E-state index contributed by atoms with van der Waals surface area (Å²) in [5, 5.41) is 0. The Morgan fingerprint density at radius 2 is 1.52 bits per heavy atom. The monoisotopic (exact) mass is 286 g/mol. The van der Waals surface area contributed by atoms with E-state index in [-0.39, 0.29) is 0 Å². The molecule has 0 saturated heterocycles. The van der Waals surface area contributed by atoms with Crippen LogP contribution in [0.5, 0.6) is 0 Å². The molecule has 1 heteroatoms. The molecule has 1 aliphatic rings. The zero-order valence-electron chi connectivity index (χ0n) is 14.0. The standard InChI is InChI=1S/C20H30O/c1-4-15-12-17(5-2)20(18(6-3)13-15)19(21)14-16-10-8-7-9-11-16/h12-13,16H,4-11,14H2,1-3H3. The Morgan fingerprint density at radius 3 is 2.00 bits per heavy atom. The highest BCUT2D eigenvalue weighted by Crippen LogP contribution is 2.29. The Kier molecular flexibility index (Phi) is 6.02. The molecule has 0 aromatic heterocycles. The number of carbonyl (C=O) groups is 1. The fraction of sp³-hybridized carbons (Fsp3) is 0.650. The number of rotatable bonds is 6. The maximum Gasteiger partial charge on any atom is 0.163 e. The second-order valence-electron chi connectivity index (χ2n) is 6.48. The van der Waals surface area contributed by atoms with Gasteiger partial charge in [0, 0.05) is 12.0 Å². The van der Waals surface area contributed by atoms with Crippen LogP contribution in [0.4, 0.5) is 0 Å². The Bertz CT molecular complexity index is 456. The number of ketones is 1. The van der Waals surface area contributed by atoms with Crippen molar-refractivity contribution in [1.29, 1.82) is 0 Å². The lowest BCUT2D eigenvalue weighted by Gasteiger charge is -2.22. The molecular formula is C20H30O. The number of benzene rings is 1. The molecular weight excluding hydrogens is 256 g/mol. The quantitative estimate of drug-likeness (QED) is 0.629. The van der Waals surface area contributed by atoms with Gasteiger partial charge in [0.05, 0.1) is 0 Å². The highest BCUT2D eigenvalue weighted by molar-refractivity contribution is 5.99. The van der Waals surface area contributed by atoms with Gasteiger partial charge in [-0.1, -0.05) is 65.0 Å². The van der Waals surface area contributed by atoms with E-state index in [0.29, 0.717) is 11.7 Å². The van der Waals surface area contributed by atoms with E-state index < -0.39 is 0 Å². The number of hydrogen-bond donors (Lipinski definition) is 0. The molecule has 2 rings (SSSR count). The summed E-state index contributed by atoms with van der Waals surface area (Å²) in [7, 11) is 0. The molecule has 0 aliphatic heterocycles. The van der Waals surface area contributed by atoms with E-state index in [1.807, 2.05) is 0 Å². The number of aryl methyl sites for hydroxylation is 3. The Labute approximate surface area is 130 Å². The Morgan fingerprint density at radius 1 is 0.952 bits per heavy atom. The van der Waals surface area contributed by atoms with Gasteiger partial charge in [-0.3, -0.25) is 4.79 Å². The summed E-state index contributed by atoms with van der Waals surface area (Å²) in [6, 6.07) is 4.51. The van der Waals surface area contributed by atoms with Crippen molar-refractivity contribution in [3.63, 3.8) is 0 Å². The third-order valence-corrected chi connectivity index (χ3v) is 5.01. The molecule has 0 atom stereocenters. The first-order chi connectivity index (χ1) is 10.2. The van der Waals surface area contributed by atoms with Crippen molar-refractivity contribution in [2.45, 2.75) is 78.6 Å². The van der Waals surface area contributed by atoms with Gasteiger partial charge >= 0.3 is 0 Å². The molecule has 0 N–H and O–H groups in total. The molecule has 1 saturated carbocycles. The minimum atomic E-state index is 0.401. The minimum Gasteiger partial charge on any atom is -0.294 e. The smallest absolute Gasteiger partial charge is 0.163 e. The van der Waals surface area contributed by atoms with E-state index in [1.165, 1.54) is 48.8 Å². The number of hydrogen-bond acceptors (Lipinski definition) is 1. The summed E-state index contributed by atoms with van der Waals surface area (Å²) in [6.45, 7) is 6.54. The highest BCUT2D eigenvalue weighted by atomic mass is 16.1. The third-order valence-electron chi connectivity index (χ3n) is 5.01. The predicted octanol–water partition coefficient (Wildman–Crippen LogP) is 5.53. The van der Waals surface area contributed by atoms with Crippen molar-refractivity contribution in [2.24, 2.45) is 5.92 Å². The van der Waals surface area contributed by atoms with Crippen molar-refractivity contribution in [3.8, 4) is 0 Å². The maximum atomic E-state index is 12.9. The van der Waals surface area contributed by atoms with E-state index in [4.69, 9.17) is 0 Å². The summed E-state index contributed by atoms with van der Waals surface area (Å²) in [4.78, 5) is 12.9. The first-order valence-electron chi connectivity index (χ1n) is 8.87. The lowest BCUT2D eigenvalue weighted by atomic mass is 9.82. The summed E-state index contributed by atoms with van der Waals surface area (Å²) in [5.74, 6) is 1.03. The van der Waals surface area contributed by atoms with Crippen LogP contribution in [-0.2, 0) is 19.3 Å². The SMILES string of the molecule is CCc1cc(CC)c(C(=O)CC2CCCCC2)c(CC)c1. The fourth-order valence-electron chi connectivity index (χ4n) is 3.72. The average Bonchev–Trinajstić information content (AvgIpc) is 2.54. The first kappa shape index (κ1) is 16.3. The van der Waals surface area contributed by atoms with Crippen LogP contribution < -0.4 is 0 Å². The molecule has 0 spiro atoms. The van der Waals surface area contributed by atoms with Gasteiger partial charge in [0.2, 0.25) is 0 Å². The predicted molar refractivity (Wildman–Crippen MR) is 90.1 cm³/mol. The van der Waals surface area contributed by atoms with E-state index in [1.54, 1.807) is 0 Å². The maximum absolute atomic E-state index is 12.9. The largest absolute Gasteiger partial charge is 0.294 e. The summed E-state index contributed by atoms with van der Waals surface area (Å²) >= 11 is 0. The normalized spacial score (nSPS) is 16.1. The van der Waals surface area contributed by atoms with Gasteiger partial charge in [-0.05, 0) is 41.9 Å². The molecule has 0 heterocycles. The zero-order chi connectivity index (χ0) is 15.2. The molecule has 1 nitrogen and oxygen atoms in total. The van der Waals surface area contributed by atoms with Gasteiger partial charge in [-0.2, -0.15) is 0 Å². The van der Waals surface area contributed by atoms with Crippen LogP contribution in [0.25, 0.3) is 0 Å². The molecule has 1 aliphatic carbocycles. The third kappa shape index (κ3) is 3.96. The average molecular weight is 286 g/mol. The van der Waals surface area contributed by atoms with E-state index in [0.717, 1.165) is 31.2 Å². The molecule has 0 unspecified atom stereocenters. The topological polar surface area (TPSA) is 17.1 Å². The minimum absolute atomic E-state index is 0.401. The van der Waals surface area contributed by atoms with Gasteiger partial charge in [0.15, 0.2) is 5.78 Å². The van der Waals surface area contributed by atoms with Crippen LogP contribution in [0.1, 0.15) is 86.3 Å². The number of carbonyl (C=O) groups excluding carboxylic acids is 1. The molecule has 1 aromatic carbocycles. The summed E-state index contributed by atoms with van der Waals surface area (Å²) in [6.07, 6.45) is 10.2. The van der Waals surface area contributed by atoms with Crippen LogP contribution in [0.15, 0.2) is 12.1 Å². The lowest BCUT2D eigenvalue weighted by Crippen LogP contribution is -2.15. The molecule has 0 bridgehead atoms. The molecule has 1 aromatic rings.